The minimum Gasteiger partial charge on any atom is -0.377 e. The first-order valence-corrected chi connectivity index (χ1v) is 15.1. The van der Waals surface area contributed by atoms with Crippen molar-refractivity contribution in [3.05, 3.63) is 95.8 Å². The zero-order chi connectivity index (χ0) is 31.4. The molecular formula is C33H39F3N6S. The van der Waals surface area contributed by atoms with Gasteiger partial charge >= 0.3 is 6.18 Å². The minimum absolute atomic E-state index is 0.0417. The van der Waals surface area contributed by atoms with Gasteiger partial charge in [0.2, 0.25) is 0 Å². The van der Waals surface area contributed by atoms with Crippen LogP contribution < -0.4 is 10.2 Å². The Hall–Kier alpha value is -3.79. The molecular weight excluding hydrogens is 569 g/mol. The topological polar surface area (TPSA) is 56.7 Å². The lowest BCUT2D eigenvalue weighted by Crippen LogP contribution is -2.38. The number of anilines is 3. The number of nitrogens with zero attached hydrogens (tertiary/aromatic N) is 5. The van der Waals surface area contributed by atoms with Crippen LogP contribution in [0.4, 0.5) is 30.4 Å². The molecule has 228 valence electrons. The summed E-state index contributed by atoms with van der Waals surface area (Å²) in [6.07, 6.45) is -2.61. The average molecular weight is 609 g/mol. The third-order valence-corrected chi connectivity index (χ3v) is 8.13. The van der Waals surface area contributed by atoms with E-state index in [1.165, 1.54) is 17.3 Å². The van der Waals surface area contributed by atoms with Crippen molar-refractivity contribution in [1.29, 1.82) is 0 Å². The Morgan fingerprint density at radius 2 is 1.77 bits per heavy atom. The molecule has 2 aromatic carbocycles. The Kier molecular flexibility index (Phi) is 9.89. The molecule has 0 spiro atoms. The number of amidine groups is 1. The number of nitrogens with one attached hydrogen (secondary N) is 1. The van der Waals surface area contributed by atoms with Gasteiger partial charge < -0.3 is 15.1 Å². The molecule has 1 aliphatic rings. The van der Waals surface area contributed by atoms with Gasteiger partial charge in [-0.2, -0.15) is 13.2 Å². The number of hydrogen-bond acceptors (Lipinski definition) is 6. The Morgan fingerprint density at radius 1 is 1.07 bits per heavy atom. The van der Waals surface area contributed by atoms with Crippen LogP contribution in [0, 0.1) is 0 Å². The van der Waals surface area contributed by atoms with Crippen LogP contribution in [0.3, 0.4) is 0 Å². The van der Waals surface area contributed by atoms with E-state index in [1.807, 2.05) is 38.4 Å². The Morgan fingerprint density at radius 3 is 2.40 bits per heavy atom. The maximum absolute atomic E-state index is 13.6. The van der Waals surface area contributed by atoms with E-state index in [2.05, 4.69) is 73.4 Å². The van der Waals surface area contributed by atoms with Crippen molar-refractivity contribution in [2.45, 2.75) is 56.1 Å². The van der Waals surface area contributed by atoms with Crippen LogP contribution in [0.1, 0.15) is 43.2 Å². The van der Waals surface area contributed by atoms with Gasteiger partial charge in [-0.3, -0.25) is 0 Å². The highest BCUT2D eigenvalue weighted by molar-refractivity contribution is 7.98. The van der Waals surface area contributed by atoms with E-state index in [4.69, 9.17) is 9.97 Å². The van der Waals surface area contributed by atoms with Crippen molar-refractivity contribution in [2.24, 2.45) is 4.99 Å². The summed E-state index contributed by atoms with van der Waals surface area (Å²) in [5.74, 6) is 1.13. The largest absolute Gasteiger partial charge is 0.419 e. The van der Waals surface area contributed by atoms with Crippen LogP contribution in [0.15, 0.2) is 83.6 Å². The van der Waals surface area contributed by atoms with Gasteiger partial charge in [0, 0.05) is 62.5 Å². The summed E-state index contributed by atoms with van der Waals surface area (Å²) in [6.45, 7) is 14.0. The third kappa shape index (κ3) is 7.98. The van der Waals surface area contributed by atoms with E-state index in [1.54, 1.807) is 4.90 Å². The van der Waals surface area contributed by atoms with Gasteiger partial charge in [-0.15, -0.1) is 0 Å². The summed E-state index contributed by atoms with van der Waals surface area (Å²) >= 11 is 1.53. The first-order valence-electron chi connectivity index (χ1n) is 14.1. The normalized spacial score (nSPS) is 14.1. The van der Waals surface area contributed by atoms with Gasteiger partial charge in [-0.25, -0.2) is 15.0 Å². The van der Waals surface area contributed by atoms with Crippen molar-refractivity contribution < 1.29 is 13.2 Å². The molecule has 6 nitrogen and oxygen atoms in total. The molecule has 0 amide bonds. The Bertz CT molecular complexity index is 1490. The molecule has 1 aliphatic heterocycles. The number of benzene rings is 2. The van der Waals surface area contributed by atoms with Gasteiger partial charge in [-0.05, 0) is 35.1 Å². The van der Waals surface area contributed by atoms with Gasteiger partial charge in [0.1, 0.15) is 11.7 Å². The number of hydrogen-bond donors (Lipinski definition) is 1. The predicted molar refractivity (Wildman–Crippen MR) is 173 cm³/mol. The zero-order valence-corrected chi connectivity index (χ0v) is 26.2. The van der Waals surface area contributed by atoms with E-state index in [0.29, 0.717) is 42.7 Å². The Balaban J connectivity index is 1.71. The lowest BCUT2D eigenvalue weighted by molar-refractivity contribution is -0.0866. The summed E-state index contributed by atoms with van der Waals surface area (Å²) in [7, 11) is 4.05. The molecule has 0 aliphatic carbocycles. The van der Waals surface area contributed by atoms with Gasteiger partial charge in [0.05, 0.1) is 11.3 Å². The molecule has 10 heteroatoms. The first-order chi connectivity index (χ1) is 20.3. The molecule has 0 saturated carbocycles. The number of alkyl halides is 3. The molecule has 0 fully saturated rings. The molecule has 3 aromatic rings. The highest BCUT2D eigenvalue weighted by Crippen LogP contribution is 2.36. The standard InChI is InChI=1S/C33H39F3N6S/c1-8-37-30(22(2)33(34,35)36)42-18-16-25-27(17-19-42)39-31(43-21-23-12-10-9-11-13-23)40-29(25)38-24-14-15-26(32(3,4)5)28(20-24)41(6)7/h8-15,20H,1-2,16-19,21H2,3-7H3,(H,38,39,40). The second-order valence-corrected chi connectivity index (χ2v) is 12.6. The number of halogens is 3. The Labute approximate surface area is 256 Å². The summed E-state index contributed by atoms with van der Waals surface area (Å²) in [4.78, 5) is 17.5. The number of fused-ring (bicyclic) bond motifs is 1. The number of aromatic nitrogens is 2. The van der Waals surface area contributed by atoms with Crippen molar-refractivity contribution in [2.75, 3.05) is 37.4 Å². The molecule has 0 unspecified atom stereocenters. The number of thioether (sulfide) groups is 1. The van der Waals surface area contributed by atoms with E-state index < -0.39 is 11.7 Å². The van der Waals surface area contributed by atoms with E-state index >= 15 is 0 Å². The van der Waals surface area contributed by atoms with Crippen molar-refractivity contribution in [1.82, 2.24) is 14.9 Å². The van der Waals surface area contributed by atoms with E-state index in [0.717, 1.165) is 34.4 Å². The SMILES string of the molecule is C=CN=C(C(=C)C(F)(F)F)N1CCc2nc(SCc3ccccc3)nc(Nc3ccc(C(C)(C)C)c(N(C)C)c3)c2CC1. The number of aliphatic imine (C=N–C) groups is 1. The van der Waals surface area contributed by atoms with Crippen LogP contribution in [0.2, 0.25) is 0 Å². The molecule has 0 saturated heterocycles. The maximum Gasteiger partial charge on any atom is 0.419 e. The van der Waals surface area contributed by atoms with Crippen LogP contribution in [0.25, 0.3) is 0 Å². The molecule has 4 rings (SSSR count). The molecule has 0 radical (unpaired) electrons. The van der Waals surface area contributed by atoms with Gasteiger partial charge in [0.25, 0.3) is 0 Å². The monoisotopic (exact) mass is 608 g/mol. The van der Waals surface area contributed by atoms with E-state index in [9.17, 15) is 13.2 Å². The highest BCUT2D eigenvalue weighted by atomic mass is 32.2. The third-order valence-electron chi connectivity index (χ3n) is 7.21. The molecule has 2 heterocycles. The first kappa shape index (κ1) is 32.1. The van der Waals surface area contributed by atoms with Crippen molar-refractivity contribution >= 4 is 34.8 Å². The van der Waals surface area contributed by atoms with Crippen LogP contribution >= 0.6 is 11.8 Å². The lowest BCUT2D eigenvalue weighted by atomic mass is 9.85. The van der Waals surface area contributed by atoms with Crippen LogP contribution in [-0.4, -0.2) is 54.1 Å². The molecule has 43 heavy (non-hydrogen) atoms. The van der Waals surface area contributed by atoms with Crippen LogP contribution in [0.5, 0.6) is 0 Å². The quantitative estimate of drug-likeness (QED) is 0.121. The second-order valence-electron chi connectivity index (χ2n) is 11.7. The summed E-state index contributed by atoms with van der Waals surface area (Å²) in [6, 6.07) is 16.4. The summed E-state index contributed by atoms with van der Waals surface area (Å²) in [5.41, 5.74) is 5.00. The lowest BCUT2D eigenvalue weighted by Gasteiger charge is -2.27. The fourth-order valence-corrected chi connectivity index (χ4v) is 5.81. The zero-order valence-electron chi connectivity index (χ0n) is 25.4. The van der Waals surface area contributed by atoms with Gasteiger partial charge in [-0.1, -0.05) is 82.1 Å². The average Bonchev–Trinajstić information content (AvgIpc) is 3.17. The number of rotatable bonds is 8. The predicted octanol–water partition coefficient (Wildman–Crippen LogP) is 7.94. The maximum atomic E-state index is 13.6. The highest BCUT2D eigenvalue weighted by Gasteiger charge is 2.38. The fraction of sp³-hybridized carbons (Fsp3) is 0.364. The van der Waals surface area contributed by atoms with Crippen molar-refractivity contribution in [3.63, 3.8) is 0 Å². The molecule has 1 aromatic heterocycles. The minimum atomic E-state index is -4.60. The summed E-state index contributed by atoms with van der Waals surface area (Å²) < 4.78 is 40.9. The fourth-order valence-electron chi connectivity index (χ4n) is 4.99. The van der Waals surface area contributed by atoms with Gasteiger partial charge in [0.15, 0.2) is 5.16 Å². The van der Waals surface area contributed by atoms with E-state index in [-0.39, 0.29) is 11.3 Å². The van der Waals surface area contributed by atoms with Crippen LogP contribution in [-0.2, 0) is 24.0 Å². The summed E-state index contributed by atoms with van der Waals surface area (Å²) in [5, 5.41) is 4.14. The molecule has 0 atom stereocenters. The smallest absolute Gasteiger partial charge is 0.377 e. The molecule has 1 N–H and O–H groups in total. The van der Waals surface area contributed by atoms with Crippen molar-refractivity contribution in [3.8, 4) is 0 Å². The second kappa shape index (κ2) is 13.2. The molecule has 0 bridgehead atoms.